The summed E-state index contributed by atoms with van der Waals surface area (Å²) >= 11 is 0. The van der Waals surface area contributed by atoms with Gasteiger partial charge >= 0.3 is 0 Å². The number of rotatable bonds is 12. The second kappa shape index (κ2) is 15.0. The molecule has 0 aliphatic rings. The van der Waals surface area contributed by atoms with Crippen LogP contribution in [-0.4, -0.2) is 58.5 Å². The Morgan fingerprint density at radius 2 is 1.76 bits per heavy atom. The third-order valence-corrected chi connectivity index (χ3v) is 6.09. The molecule has 0 spiro atoms. The highest BCUT2D eigenvalue weighted by molar-refractivity contribution is 14.0. The Bertz CT molecular complexity index is 691. The zero-order valence-corrected chi connectivity index (χ0v) is 21.5. The summed E-state index contributed by atoms with van der Waals surface area (Å²) in [6.07, 6.45) is 2.23. The molecule has 0 aliphatic carbocycles. The molecule has 1 rings (SSSR count). The van der Waals surface area contributed by atoms with Gasteiger partial charge in [-0.2, -0.15) is 0 Å². The molecule has 1 aromatic rings. The molecular weight excluding hydrogens is 501 g/mol. The van der Waals surface area contributed by atoms with Gasteiger partial charge in [-0.25, -0.2) is 18.1 Å². The summed E-state index contributed by atoms with van der Waals surface area (Å²) in [5, 5.41) is 6.73. The SMILES string of the molecule is CCNC(=NCc1ccc(S(=O)(=O)NC)cc1)NC(C)CCCN(CC)CC.I. The van der Waals surface area contributed by atoms with E-state index in [0.29, 0.717) is 12.6 Å². The van der Waals surface area contributed by atoms with E-state index in [1.54, 1.807) is 24.3 Å². The minimum atomic E-state index is -3.40. The molecule has 0 fully saturated rings. The van der Waals surface area contributed by atoms with Crippen molar-refractivity contribution in [3.63, 3.8) is 0 Å². The quantitative estimate of drug-likeness (QED) is 0.216. The summed E-state index contributed by atoms with van der Waals surface area (Å²) in [6, 6.07) is 7.13. The third-order valence-electron chi connectivity index (χ3n) is 4.66. The number of sulfonamides is 1. The molecule has 1 aromatic carbocycles. The topological polar surface area (TPSA) is 85.8 Å². The van der Waals surface area contributed by atoms with Crippen LogP contribution in [0.4, 0.5) is 0 Å². The number of hydrogen-bond acceptors (Lipinski definition) is 4. The molecule has 0 saturated heterocycles. The molecule has 3 N–H and O–H groups in total. The molecule has 0 saturated carbocycles. The summed E-state index contributed by atoms with van der Waals surface area (Å²) in [4.78, 5) is 7.32. The van der Waals surface area contributed by atoms with Crippen LogP contribution in [0.15, 0.2) is 34.2 Å². The average molecular weight is 540 g/mol. The summed E-state index contributed by atoms with van der Waals surface area (Å²) in [6.45, 7) is 13.2. The highest BCUT2D eigenvalue weighted by atomic mass is 127. The second-order valence-corrected chi connectivity index (χ2v) is 8.65. The van der Waals surface area contributed by atoms with Crippen LogP contribution in [0.25, 0.3) is 0 Å². The van der Waals surface area contributed by atoms with Gasteiger partial charge in [0.25, 0.3) is 0 Å². The monoisotopic (exact) mass is 539 g/mol. The van der Waals surface area contributed by atoms with Gasteiger partial charge in [-0.1, -0.05) is 26.0 Å². The largest absolute Gasteiger partial charge is 0.357 e. The van der Waals surface area contributed by atoms with E-state index in [1.165, 1.54) is 7.05 Å². The fraction of sp³-hybridized carbons (Fsp3) is 0.650. The molecular formula is C20H38IN5O2S. The van der Waals surface area contributed by atoms with E-state index in [-0.39, 0.29) is 28.9 Å². The van der Waals surface area contributed by atoms with E-state index in [1.807, 2.05) is 6.92 Å². The van der Waals surface area contributed by atoms with Crippen molar-refractivity contribution >= 4 is 40.0 Å². The Labute approximate surface area is 194 Å². The van der Waals surface area contributed by atoms with E-state index in [0.717, 1.165) is 50.5 Å². The fourth-order valence-electron chi connectivity index (χ4n) is 2.85. The van der Waals surface area contributed by atoms with Crippen LogP contribution in [0.2, 0.25) is 0 Å². The highest BCUT2D eigenvalue weighted by Crippen LogP contribution is 2.11. The number of nitrogens with one attached hydrogen (secondary N) is 3. The van der Waals surface area contributed by atoms with Gasteiger partial charge in [-0.05, 0) is 71.1 Å². The first kappa shape index (κ1) is 28.1. The van der Waals surface area contributed by atoms with Crippen LogP contribution in [0.1, 0.15) is 46.1 Å². The van der Waals surface area contributed by atoms with Gasteiger partial charge < -0.3 is 15.5 Å². The molecule has 0 bridgehead atoms. The molecule has 0 heterocycles. The third kappa shape index (κ3) is 10.6. The molecule has 9 heteroatoms. The van der Waals surface area contributed by atoms with Crippen molar-refractivity contribution in [2.75, 3.05) is 33.2 Å². The molecule has 1 unspecified atom stereocenters. The number of nitrogens with zero attached hydrogens (tertiary/aromatic N) is 2. The Morgan fingerprint density at radius 3 is 2.28 bits per heavy atom. The number of guanidine groups is 1. The first-order chi connectivity index (χ1) is 13.4. The lowest BCUT2D eigenvalue weighted by molar-refractivity contribution is 0.292. The van der Waals surface area contributed by atoms with E-state index >= 15 is 0 Å². The number of aliphatic imine (C=N–C) groups is 1. The Morgan fingerprint density at radius 1 is 1.14 bits per heavy atom. The van der Waals surface area contributed by atoms with E-state index in [4.69, 9.17) is 0 Å². The van der Waals surface area contributed by atoms with E-state index in [9.17, 15) is 8.42 Å². The van der Waals surface area contributed by atoms with Crippen molar-refractivity contribution in [3.05, 3.63) is 29.8 Å². The minimum Gasteiger partial charge on any atom is -0.357 e. The standard InChI is InChI=1S/C20H37N5O2S.HI/c1-6-22-20(24-17(4)10-9-15-25(7-2)8-3)23-16-18-11-13-19(14-12-18)28(26,27)21-5;/h11-14,17,21H,6-10,15-16H2,1-5H3,(H2,22,23,24);1H. The summed E-state index contributed by atoms with van der Waals surface area (Å²) in [5.41, 5.74) is 0.960. The molecule has 0 aromatic heterocycles. The van der Waals surface area contributed by atoms with E-state index in [2.05, 4.69) is 46.0 Å². The first-order valence-corrected chi connectivity index (χ1v) is 11.6. The normalized spacial score (nSPS) is 13.1. The van der Waals surface area contributed by atoms with Gasteiger partial charge in [-0.3, -0.25) is 0 Å². The molecule has 7 nitrogen and oxygen atoms in total. The maximum Gasteiger partial charge on any atom is 0.240 e. The highest BCUT2D eigenvalue weighted by Gasteiger charge is 2.10. The lowest BCUT2D eigenvalue weighted by atomic mass is 10.2. The second-order valence-electron chi connectivity index (χ2n) is 6.76. The molecule has 168 valence electrons. The molecule has 0 aliphatic heterocycles. The van der Waals surface area contributed by atoms with Crippen molar-refractivity contribution in [1.82, 2.24) is 20.3 Å². The van der Waals surface area contributed by atoms with Crippen LogP contribution in [0, 0.1) is 0 Å². The van der Waals surface area contributed by atoms with Gasteiger partial charge in [0.2, 0.25) is 10.0 Å². The van der Waals surface area contributed by atoms with Crippen LogP contribution in [0.3, 0.4) is 0 Å². The predicted molar refractivity (Wildman–Crippen MR) is 133 cm³/mol. The molecule has 0 radical (unpaired) electrons. The maximum atomic E-state index is 11.8. The van der Waals surface area contributed by atoms with Crippen molar-refractivity contribution in [2.24, 2.45) is 4.99 Å². The molecule has 1 atom stereocenters. The van der Waals surface area contributed by atoms with Crippen molar-refractivity contribution in [1.29, 1.82) is 0 Å². The van der Waals surface area contributed by atoms with Gasteiger partial charge in [0.05, 0.1) is 11.4 Å². The molecule has 0 amide bonds. The Hall–Kier alpha value is -0.910. The van der Waals surface area contributed by atoms with Gasteiger partial charge in [-0.15, -0.1) is 24.0 Å². The smallest absolute Gasteiger partial charge is 0.240 e. The van der Waals surface area contributed by atoms with Crippen LogP contribution < -0.4 is 15.4 Å². The van der Waals surface area contributed by atoms with Crippen molar-refractivity contribution in [3.8, 4) is 0 Å². The summed E-state index contributed by atoms with van der Waals surface area (Å²) in [5.74, 6) is 0.782. The lowest BCUT2D eigenvalue weighted by Crippen LogP contribution is -2.42. The van der Waals surface area contributed by atoms with Crippen LogP contribution >= 0.6 is 24.0 Å². The zero-order chi connectivity index (χ0) is 21.0. The first-order valence-electron chi connectivity index (χ1n) is 10.2. The number of halogens is 1. The lowest BCUT2D eigenvalue weighted by Gasteiger charge is -2.21. The average Bonchev–Trinajstić information content (AvgIpc) is 2.70. The van der Waals surface area contributed by atoms with E-state index < -0.39 is 10.0 Å². The minimum absolute atomic E-state index is 0. The van der Waals surface area contributed by atoms with Crippen LogP contribution in [0.5, 0.6) is 0 Å². The summed E-state index contributed by atoms with van der Waals surface area (Å²) < 4.78 is 25.9. The predicted octanol–water partition coefficient (Wildman–Crippen LogP) is 2.78. The maximum absolute atomic E-state index is 11.8. The van der Waals surface area contributed by atoms with Crippen LogP contribution in [-0.2, 0) is 16.6 Å². The number of hydrogen-bond donors (Lipinski definition) is 3. The Balaban J connectivity index is 0.00000784. The zero-order valence-electron chi connectivity index (χ0n) is 18.4. The Kier molecular flexibility index (Phi) is 14.5. The number of benzene rings is 1. The van der Waals surface area contributed by atoms with Crippen molar-refractivity contribution in [2.45, 2.75) is 58.0 Å². The van der Waals surface area contributed by atoms with Gasteiger partial charge in [0.1, 0.15) is 0 Å². The van der Waals surface area contributed by atoms with Gasteiger partial charge in [0.15, 0.2) is 5.96 Å². The van der Waals surface area contributed by atoms with Crippen molar-refractivity contribution < 1.29 is 8.42 Å². The fourth-order valence-corrected chi connectivity index (χ4v) is 3.58. The van der Waals surface area contributed by atoms with Gasteiger partial charge in [0, 0.05) is 12.6 Å². The molecule has 29 heavy (non-hydrogen) atoms. The summed E-state index contributed by atoms with van der Waals surface area (Å²) in [7, 11) is -2.00.